The van der Waals surface area contributed by atoms with Gasteiger partial charge in [-0.2, -0.15) is 0 Å². The SMILES string of the molecule is COCOc1cccc(OCOC)c1I. The van der Waals surface area contributed by atoms with Crippen molar-refractivity contribution in [1.82, 2.24) is 0 Å². The summed E-state index contributed by atoms with van der Waals surface area (Å²) in [7, 11) is 3.16. The molecule has 1 aromatic carbocycles. The van der Waals surface area contributed by atoms with Crippen molar-refractivity contribution >= 4 is 22.6 Å². The molecule has 0 spiro atoms. The highest BCUT2D eigenvalue weighted by Crippen LogP contribution is 2.29. The second kappa shape index (κ2) is 6.86. The zero-order valence-electron chi connectivity index (χ0n) is 8.66. The van der Waals surface area contributed by atoms with Crippen LogP contribution in [0.15, 0.2) is 18.2 Å². The van der Waals surface area contributed by atoms with E-state index in [9.17, 15) is 0 Å². The minimum absolute atomic E-state index is 0.226. The smallest absolute Gasteiger partial charge is 0.188 e. The molecule has 5 heteroatoms. The van der Waals surface area contributed by atoms with Gasteiger partial charge in [0.2, 0.25) is 0 Å². The van der Waals surface area contributed by atoms with E-state index in [1.165, 1.54) is 0 Å². The first-order chi connectivity index (χ1) is 7.29. The number of methoxy groups -OCH3 is 2. The quantitative estimate of drug-likeness (QED) is 0.594. The molecule has 4 nitrogen and oxygen atoms in total. The lowest BCUT2D eigenvalue weighted by Gasteiger charge is -2.11. The lowest BCUT2D eigenvalue weighted by molar-refractivity contribution is 0.0448. The summed E-state index contributed by atoms with van der Waals surface area (Å²) in [6.07, 6.45) is 0. The highest BCUT2D eigenvalue weighted by molar-refractivity contribution is 14.1. The van der Waals surface area contributed by atoms with E-state index >= 15 is 0 Å². The molecule has 0 saturated heterocycles. The van der Waals surface area contributed by atoms with Crippen molar-refractivity contribution in [3.05, 3.63) is 21.8 Å². The van der Waals surface area contributed by atoms with Gasteiger partial charge in [0.1, 0.15) is 11.5 Å². The van der Waals surface area contributed by atoms with Crippen molar-refractivity contribution in [2.45, 2.75) is 0 Å². The van der Waals surface area contributed by atoms with Gasteiger partial charge in [0.15, 0.2) is 13.6 Å². The van der Waals surface area contributed by atoms with Crippen LogP contribution in [0, 0.1) is 3.57 Å². The van der Waals surface area contributed by atoms with E-state index in [2.05, 4.69) is 22.6 Å². The van der Waals surface area contributed by atoms with Crippen molar-refractivity contribution in [3.8, 4) is 11.5 Å². The Morgan fingerprint density at radius 1 is 1.00 bits per heavy atom. The van der Waals surface area contributed by atoms with E-state index in [-0.39, 0.29) is 13.6 Å². The molecule has 84 valence electrons. The molecule has 0 unspecified atom stereocenters. The van der Waals surface area contributed by atoms with E-state index in [1.54, 1.807) is 14.2 Å². The molecule has 15 heavy (non-hydrogen) atoms. The molecule has 1 rings (SSSR count). The number of benzene rings is 1. The summed E-state index contributed by atoms with van der Waals surface area (Å²) in [5.74, 6) is 1.48. The van der Waals surface area contributed by atoms with Gasteiger partial charge in [-0.1, -0.05) is 6.07 Å². The first-order valence-corrected chi connectivity index (χ1v) is 5.39. The molecule has 0 aliphatic heterocycles. The fourth-order valence-corrected chi connectivity index (χ4v) is 1.63. The predicted octanol–water partition coefficient (Wildman–Crippen LogP) is 2.26. The van der Waals surface area contributed by atoms with Gasteiger partial charge in [-0.3, -0.25) is 0 Å². The van der Waals surface area contributed by atoms with Gasteiger partial charge in [0.25, 0.3) is 0 Å². The van der Waals surface area contributed by atoms with Gasteiger partial charge in [0.05, 0.1) is 3.57 Å². The molecule has 0 aliphatic carbocycles. The average molecular weight is 324 g/mol. The Labute approximate surface area is 103 Å². The lowest BCUT2D eigenvalue weighted by Crippen LogP contribution is -2.03. The highest BCUT2D eigenvalue weighted by atomic mass is 127. The number of rotatable bonds is 6. The first-order valence-electron chi connectivity index (χ1n) is 4.31. The summed E-state index contributed by atoms with van der Waals surface area (Å²) in [6.45, 7) is 0.452. The zero-order valence-corrected chi connectivity index (χ0v) is 10.8. The predicted molar refractivity (Wildman–Crippen MR) is 64.2 cm³/mol. The van der Waals surface area contributed by atoms with Crippen LogP contribution in [0.4, 0.5) is 0 Å². The van der Waals surface area contributed by atoms with Crippen LogP contribution in [0.2, 0.25) is 0 Å². The van der Waals surface area contributed by atoms with Crippen LogP contribution < -0.4 is 9.47 Å². The third-order valence-electron chi connectivity index (χ3n) is 1.59. The van der Waals surface area contributed by atoms with Gasteiger partial charge >= 0.3 is 0 Å². The summed E-state index contributed by atoms with van der Waals surface area (Å²) in [5, 5.41) is 0. The number of hydrogen-bond donors (Lipinski definition) is 0. The second-order valence-corrected chi connectivity index (χ2v) is 3.75. The average Bonchev–Trinajstić information content (AvgIpc) is 2.26. The van der Waals surface area contributed by atoms with E-state index in [4.69, 9.17) is 18.9 Å². The maximum Gasteiger partial charge on any atom is 0.188 e. The second-order valence-electron chi connectivity index (χ2n) is 2.67. The van der Waals surface area contributed by atoms with E-state index in [1.807, 2.05) is 18.2 Å². The Kier molecular flexibility index (Phi) is 5.74. The summed E-state index contributed by atoms with van der Waals surface area (Å²) < 4.78 is 21.3. The zero-order chi connectivity index (χ0) is 11.1. The standard InChI is InChI=1S/C10H13IO4/c1-12-6-14-8-4-3-5-9(10(8)11)15-7-13-2/h3-5H,6-7H2,1-2H3. The fraction of sp³-hybridized carbons (Fsp3) is 0.400. The van der Waals surface area contributed by atoms with Crippen molar-refractivity contribution in [1.29, 1.82) is 0 Å². The van der Waals surface area contributed by atoms with Gasteiger partial charge in [0, 0.05) is 14.2 Å². The molecule has 0 atom stereocenters. The summed E-state index contributed by atoms with van der Waals surface area (Å²) in [6, 6.07) is 5.58. The van der Waals surface area contributed by atoms with Crippen LogP contribution >= 0.6 is 22.6 Å². The summed E-state index contributed by atoms with van der Waals surface area (Å²) >= 11 is 2.16. The first kappa shape index (κ1) is 12.5. The summed E-state index contributed by atoms with van der Waals surface area (Å²) in [5.41, 5.74) is 0. The topological polar surface area (TPSA) is 36.9 Å². The van der Waals surface area contributed by atoms with E-state index in [0.29, 0.717) is 0 Å². The monoisotopic (exact) mass is 324 g/mol. The normalized spacial score (nSPS) is 10.1. The van der Waals surface area contributed by atoms with Crippen molar-refractivity contribution in [3.63, 3.8) is 0 Å². The molecular formula is C10H13IO4. The Hall–Kier alpha value is -0.530. The Morgan fingerprint density at radius 3 is 1.87 bits per heavy atom. The molecule has 0 N–H and O–H groups in total. The van der Waals surface area contributed by atoms with Crippen LogP contribution in [0.25, 0.3) is 0 Å². The third-order valence-corrected chi connectivity index (χ3v) is 2.66. The molecule has 0 radical (unpaired) electrons. The Morgan fingerprint density at radius 2 is 1.47 bits per heavy atom. The van der Waals surface area contributed by atoms with E-state index in [0.717, 1.165) is 15.1 Å². The molecule has 0 amide bonds. The van der Waals surface area contributed by atoms with Crippen molar-refractivity contribution in [2.24, 2.45) is 0 Å². The van der Waals surface area contributed by atoms with Crippen molar-refractivity contribution in [2.75, 3.05) is 27.8 Å². The highest BCUT2D eigenvalue weighted by Gasteiger charge is 2.07. The minimum atomic E-state index is 0.226. The maximum atomic E-state index is 5.36. The van der Waals surface area contributed by atoms with Crippen molar-refractivity contribution < 1.29 is 18.9 Å². The van der Waals surface area contributed by atoms with Crippen LogP contribution in [0.3, 0.4) is 0 Å². The maximum absolute atomic E-state index is 5.36. The Bertz CT molecular complexity index is 277. The molecule has 0 bridgehead atoms. The third kappa shape index (κ3) is 3.84. The summed E-state index contributed by atoms with van der Waals surface area (Å²) in [4.78, 5) is 0. The van der Waals surface area contributed by atoms with Gasteiger partial charge in [-0.05, 0) is 34.7 Å². The largest absolute Gasteiger partial charge is 0.466 e. The minimum Gasteiger partial charge on any atom is -0.466 e. The molecule has 0 aliphatic rings. The number of hydrogen-bond acceptors (Lipinski definition) is 4. The van der Waals surface area contributed by atoms with Gasteiger partial charge < -0.3 is 18.9 Å². The van der Waals surface area contributed by atoms with Crippen LogP contribution in [-0.4, -0.2) is 27.8 Å². The van der Waals surface area contributed by atoms with Gasteiger partial charge in [-0.25, -0.2) is 0 Å². The van der Waals surface area contributed by atoms with Crippen LogP contribution in [-0.2, 0) is 9.47 Å². The molecule has 0 fully saturated rings. The molecule has 0 saturated carbocycles. The fourth-order valence-electron chi connectivity index (χ4n) is 0.958. The molecular weight excluding hydrogens is 311 g/mol. The number of halogens is 1. The molecule has 1 aromatic rings. The van der Waals surface area contributed by atoms with Crippen LogP contribution in [0.5, 0.6) is 11.5 Å². The van der Waals surface area contributed by atoms with Gasteiger partial charge in [-0.15, -0.1) is 0 Å². The number of ether oxygens (including phenoxy) is 4. The Balaban J connectivity index is 2.71. The lowest BCUT2D eigenvalue weighted by atomic mass is 10.3. The molecule has 0 aromatic heterocycles. The molecule has 0 heterocycles. The van der Waals surface area contributed by atoms with E-state index < -0.39 is 0 Å². The van der Waals surface area contributed by atoms with Crippen LogP contribution in [0.1, 0.15) is 0 Å².